The first-order valence-electron chi connectivity index (χ1n) is 6.89. The molecule has 10 heteroatoms. The zero-order valence-corrected chi connectivity index (χ0v) is 13.6. The van der Waals surface area contributed by atoms with Crippen molar-refractivity contribution in [1.29, 1.82) is 0 Å². The van der Waals surface area contributed by atoms with Gasteiger partial charge in [-0.05, 0) is 0 Å². The molecule has 1 heterocycles. The second-order valence-electron chi connectivity index (χ2n) is 5.44. The molecule has 1 aliphatic rings. The normalized spacial score (nSPS) is 35.9. The van der Waals surface area contributed by atoms with Crippen LogP contribution in [0.2, 0.25) is 15.5 Å². The standard InChI is InChI=1S/C12H25O9Se/c13-1-5(15)10(19)12(21)11(20)7(17)4-22-3-6(16)9(18)8(22)2-14/h5-21H,1-4H2/q+1/t5-,6+,7+,8+,9-,10+,11+,12+,22?/m0/s1. The molecule has 1 saturated heterocycles. The Hall–Kier alpha value is 0.159. The maximum absolute atomic E-state index is 9.96. The molecule has 1 unspecified atom stereocenters. The van der Waals surface area contributed by atoms with E-state index < -0.39 is 68.1 Å². The van der Waals surface area contributed by atoms with Crippen molar-refractivity contribution in [3.05, 3.63) is 0 Å². The van der Waals surface area contributed by atoms with E-state index in [0.717, 1.165) is 0 Å². The number of aliphatic hydroxyl groups excluding tert-OH is 9. The van der Waals surface area contributed by atoms with Crippen LogP contribution in [0.3, 0.4) is 0 Å². The Labute approximate surface area is 132 Å². The zero-order valence-electron chi connectivity index (χ0n) is 11.9. The van der Waals surface area contributed by atoms with Crippen LogP contribution >= 0.6 is 0 Å². The van der Waals surface area contributed by atoms with Crippen LogP contribution in [0.15, 0.2) is 0 Å². The van der Waals surface area contributed by atoms with Gasteiger partial charge in [-0.15, -0.1) is 0 Å². The van der Waals surface area contributed by atoms with E-state index in [4.69, 9.17) is 5.11 Å². The molecular weight excluding hydrogens is 367 g/mol. The summed E-state index contributed by atoms with van der Waals surface area (Å²) in [7, 11) is 0. The van der Waals surface area contributed by atoms with Crippen molar-refractivity contribution in [2.75, 3.05) is 13.2 Å². The molecular formula is C12H25O9Se+. The van der Waals surface area contributed by atoms with Crippen LogP contribution < -0.4 is 0 Å². The summed E-state index contributed by atoms with van der Waals surface area (Å²) in [5, 5.41) is 85.7. The van der Waals surface area contributed by atoms with E-state index in [1.54, 1.807) is 0 Å². The minimum absolute atomic E-state index is 0.000483. The van der Waals surface area contributed by atoms with Gasteiger partial charge in [-0.3, -0.25) is 0 Å². The van der Waals surface area contributed by atoms with Crippen molar-refractivity contribution in [2.45, 2.75) is 58.2 Å². The molecule has 132 valence electrons. The Balaban J connectivity index is 2.62. The van der Waals surface area contributed by atoms with E-state index in [1.807, 2.05) is 0 Å². The van der Waals surface area contributed by atoms with Gasteiger partial charge in [-0.25, -0.2) is 0 Å². The first-order valence-corrected chi connectivity index (χ1v) is 10.3. The first-order chi connectivity index (χ1) is 10.2. The summed E-state index contributed by atoms with van der Waals surface area (Å²) < 4.78 is 0. The summed E-state index contributed by atoms with van der Waals surface area (Å²) >= 11 is -1.84. The summed E-state index contributed by atoms with van der Waals surface area (Å²) in [6.07, 6.45) is -10.6. The molecule has 0 spiro atoms. The summed E-state index contributed by atoms with van der Waals surface area (Å²) in [5.41, 5.74) is 0. The molecule has 0 amide bonds. The van der Waals surface area contributed by atoms with Crippen LogP contribution in [0.4, 0.5) is 0 Å². The van der Waals surface area contributed by atoms with Gasteiger partial charge in [0.05, 0.1) is 0 Å². The third-order valence-corrected chi connectivity index (χ3v) is 9.75. The average Bonchev–Trinajstić information content (AvgIpc) is 2.77. The van der Waals surface area contributed by atoms with Gasteiger partial charge in [0.25, 0.3) is 0 Å². The van der Waals surface area contributed by atoms with Crippen molar-refractivity contribution in [1.82, 2.24) is 0 Å². The van der Waals surface area contributed by atoms with Crippen molar-refractivity contribution < 1.29 is 46.0 Å². The Morgan fingerprint density at radius 3 is 1.91 bits per heavy atom. The molecule has 0 aromatic carbocycles. The third-order valence-electron chi connectivity index (χ3n) is 3.83. The fourth-order valence-corrected chi connectivity index (χ4v) is 8.02. The van der Waals surface area contributed by atoms with Crippen LogP contribution in [-0.2, 0) is 0 Å². The molecule has 1 aliphatic heterocycles. The van der Waals surface area contributed by atoms with E-state index in [1.165, 1.54) is 0 Å². The molecule has 0 radical (unpaired) electrons. The van der Waals surface area contributed by atoms with Crippen LogP contribution in [0.5, 0.6) is 0 Å². The fraction of sp³-hybridized carbons (Fsp3) is 1.00. The molecule has 9 nitrogen and oxygen atoms in total. The molecule has 0 bridgehead atoms. The maximum atomic E-state index is 9.96. The van der Waals surface area contributed by atoms with Gasteiger partial charge >= 0.3 is 131 Å². The predicted octanol–water partition coefficient (Wildman–Crippen LogP) is -4.62. The van der Waals surface area contributed by atoms with Gasteiger partial charge in [-0.1, -0.05) is 0 Å². The Kier molecular flexibility index (Phi) is 8.13. The number of aliphatic hydroxyl groups is 9. The number of hydrogen-bond donors (Lipinski definition) is 9. The van der Waals surface area contributed by atoms with Gasteiger partial charge in [0.15, 0.2) is 0 Å². The predicted molar refractivity (Wildman–Crippen MR) is 75.3 cm³/mol. The quantitative estimate of drug-likeness (QED) is 0.184. The van der Waals surface area contributed by atoms with E-state index in [2.05, 4.69) is 0 Å². The molecule has 0 aliphatic carbocycles. The summed E-state index contributed by atoms with van der Waals surface area (Å²) in [4.78, 5) is -0.540. The number of rotatable bonds is 8. The molecule has 1 fully saturated rings. The topological polar surface area (TPSA) is 182 Å². The van der Waals surface area contributed by atoms with Gasteiger partial charge < -0.3 is 0 Å². The van der Waals surface area contributed by atoms with E-state index >= 15 is 0 Å². The van der Waals surface area contributed by atoms with Crippen molar-refractivity contribution in [2.24, 2.45) is 0 Å². The number of hydrogen-bond acceptors (Lipinski definition) is 9. The minimum atomic E-state index is -1.87. The molecule has 0 aromatic heterocycles. The summed E-state index contributed by atoms with van der Waals surface area (Å²) in [6.45, 7) is -1.16. The Morgan fingerprint density at radius 1 is 0.864 bits per heavy atom. The van der Waals surface area contributed by atoms with Gasteiger partial charge in [0.2, 0.25) is 0 Å². The van der Waals surface area contributed by atoms with E-state index in [-0.39, 0.29) is 17.2 Å². The third kappa shape index (κ3) is 4.59. The average molecular weight is 392 g/mol. The fourth-order valence-electron chi connectivity index (χ4n) is 2.37. The Bertz CT molecular complexity index is 334. The summed E-state index contributed by atoms with van der Waals surface area (Å²) in [6, 6.07) is 0. The van der Waals surface area contributed by atoms with Gasteiger partial charge in [-0.2, -0.15) is 0 Å². The van der Waals surface area contributed by atoms with Crippen LogP contribution in [0.25, 0.3) is 0 Å². The zero-order chi connectivity index (χ0) is 17.0. The van der Waals surface area contributed by atoms with Crippen LogP contribution in [0, 0.1) is 0 Å². The van der Waals surface area contributed by atoms with Crippen LogP contribution in [0.1, 0.15) is 0 Å². The van der Waals surface area contributed by atoms with Crippen LogP contribution in [-0.4, -0.2) is 116 Å². The molecule has 9 N–H and O–H groups in total. The van der Waals surface area contributed by atoms with Crippen molar-refractivity contribution in [3.63, 3.8) is 0 Å². The van der Waals surface area contributed by atoms with Gasteiger partial charge in [0, 0.05) is 0 Å². The van der Waals surface area contributed by atoms with Crippen molar-refractivity contribution >= 4 is 13.9 Å². The SMILES string of the molecule is OC[C@@H]1[C@@H](O)[C@H](O)C[Se+]1C[C@@H](O)[C@@H](O)[C@H](O)[C@H](O)[C@@H](O)CO. The molecule has 9 atom stereocenters. The monoisotopic (exact) mass is 393 g/mol. The van der Waals surface area contributed by atoms with E-state index in [9.17, 15) is 40.9 Å². The van der Waals surface area contributed by atoms with Crippen molar-refractivity contribution in [3.8, 4) is 0 Å². The second kappa shape index (κ2) is 8.86. The first kappa shape index (κ1) is 20.2. The molecule has 1 rings (SSSR count). The molecule has 22 heavy (non-hydrogen) atoms. The van der Waals surface area contributed by atoms with Gasteiger partial charge in [0.1, 0.15) is 0 Å². The summed E-state index contributed by atoms with van der Waals surface area (Å²) in [5.74, 6) is 0. The molecule has 0 aromatic rings. The van der Waals surface area contributed by atoms with E-state index in [0.29, 0.717) is 0 Å². The Morgan fingerprint density at radius 2 is 1.41 bits per heavy atom. The molecule has 0 saturated carbocycles. The second-order valence-corrected chi connectivity index (χ2v) is 10.4.